The van der Waals surface area contributed by atoms with Gasteiger partial charge in [-0.1, -0.05) is 0 Å². The highest BCUT2D eigenvalue weighted by Gasteiger charge is 2.45. The van der Waals surface area contributed by atoms with Crippen LogP contribution in [-0.2, 0) is 4.79 Å². The number of carbonyl (C=O) groups excluding carboxylic acids is 2. The molecule has 0 radical (unpaired) electrons. The first-order valence-corrected chi connectivity index (χ1v) is 8.97. The first-order chi connectivity index (χ1) is 12.1. The van der Waals surface area contributed by atoms with E-state index in [-0.39, 0.29) is 48.1 Å². The van der Waals surface area contributed by atoms with Crippen molar-refractivity contribution in [1.82, 2.24) is 25.8 Å². The topological polar surface area (TPSA) is 86.4 Å². The highest BCUT2D eigenvalue weighted by Crippen LogP contribution is 2.41. The average Bonchev–Trinajstić information content (AvgIpc) is 2.95. The molecule has 1 unspecified atom stereocenters. The van der Waals surface area contributed by atoms with E-state index in [4.69, 9.17) is 0 Å². The molecule has 1 aromatic rings. The molecule has 2 saturated heterocycles. The number of aromatic nitrogens is 1. The van der Waals surface area contributed by atoms with Crippen LogP contribution in [0, 0.1) is 5.41 Å². The molecule has 0 saturated carbocycles. The van der Waals surface area contributed by atoms with Crippen LogP contribution in [0.15, 0.2) is 24.5 Å². The predicted molar refractivity (Wildman–Crippen MR) is 110 cm³/mol. The largest absolute Gasteiger partial charge is 0.353 e. The molecule has 2 aliphatic heterocycles. The van der Waals surface area contributed by atoms with Gasteiger partial charge in [0.25, 0.3) is 5.91 Å². The standard InChI is InChI=1S/C18H27N5O2.2ClH/c1-23-13-18(4-7-19-8-5-18)11-15(23)17(25)22-10-9-21-16(24)14-3-2-6-20-12-14;;/h2-3,6,12,15,19H,4-5,7-11,13H2,1H3,(H,21,24)(H,22,25);2*1H. The number of carbonyl (C=O) groups is 2. The lowest BCUT2D eigenvalue weighted by Gasteiger charge is -2.33. The van der Waals surface area contributed by atoms with Crippen molar-refractivity contribution in [3.05, 3.63) is 30.1 Å². The Morgan fingerprint density at radius 2 is 1.96 bits per heavy atom. The Morgan fingerprint density at radius 3 is 2.63 bits per heavy atom. The molecular formula is C18H29Cl2N5O2. The zero-order valence-electron chi connectivity index (χ0n) is 15.6. The maximum atomic E-state index is 12.5. The second-order valence-corrected chi connectivity index (χ2v) is 7.17. The number of nitrogens with zero attached hydrogens (tertiary/aromatic N) is 2. The number of piperidine rings is 1. The van der Waals surface area contributed by atoms with Gasteiger partial charge in [-0.3, -0.25) is 19.5 Å². The van der Waals surface area contributed by atoms with Gasteiger partial charge in [0.1, 0.15) is 0 Å². The van der Waals surface area contributed by atoms with Crippen molar-refractivity contribution >= 4 is 36.6 Å². The normalized spacial score (nSPS) is 21.0. The number of likely N-dealkylation sites (N-methyl/N-ethyl adjacent to an activating group) is 1. The highest BCUT2D eigenvalue weighted by molar-refractivity contribution is 5.93. The van der Waals surface area contributed by atoms with Crippen molar-refractivity contribution in [2.75, 3.05) is 39.8 Å². The van der Waals surface area contributed by atoms with E-state index in [0.29, 0.717) is 18.7 Å². The fourth-order valence-electron chi connectivity index (χ4n) is 3.96. The van der Waals surface area contributed by atoms with Crippen LogP contribution in [-0.4, -0.2) is 67.5 Å². The summed E-state index contributed by atoms with van der Waals surface area (Å²) in [5.41, 5.74) is 0.813. The van der Waals surface area contributed by atoms with Crippen molar-refractivity contribution in [3.8, 4) is 0 Å². The number of halogens is 2. The molecule has 3 rings (SSSR count). The van der Waals surface area contributed by atoms with Crippen molar-refractivity contribution in [2.45, 2.75) is 25.3 Å². The van der Waals surface area contributed by atoms with Gasteiger partial charge in [-0.15, -0.1) is 24.8 Å². The number of hydrogen-bond donors (Lipinski definition) is 3. The summed E-state index contributed by atoms with van der Waals surface area (Å²) >= 11 is 0. The first kappa shape index (κ1) is 23.6. The lowest BCUT2D eigenvalue weighted by atomic mass is 9.77. The molecule has 2 fully saturated rings. The van der Waals surface area contributed by atoms with Gasteiger partial charge in [-0.05, 0) is 56.9 Å². The highest BCUT2D eigenvalue weighted by atomic mass is 35.5. The molecule has 0 aromatic carbocycles. The summed E-state index contributed by atoms with van der Waals surface area (Å²) in [6.45, 7) is 3.92. The van der Waals surface area contributed by atoms with E-state index in [1.54, 1.807) is 18.3 Å². The monoisotopic (exact) mass is 417 g/mol. The van der Waals surface area contributed by atoms with Gasteiger partial charge < -0.3 is 16.0 Å². The Hall–Kier alpha value is -1.41. The van der Waals surface area contributed by atoms with Crippen LogP contribution >= 0.6 is 24.8 Å². The SMILES string of the molecule is CN1CC2(CCNCC2)CC1C(=O)NCCNC(=O)c1cccnc1.Cl.Cl. The third-order valence-electron chi connectivity index (χ3n) is 5.34. The van der Waals surface area contributed by atoms with Crippen LogP contribution in [0.3, 0.4) is 0 Å². The summed E-state index contributed by atoms with van der Waals surface area (Å²) in [4.78, 5) is 30.5. The summed E-state index contributed by atoms with van der Waals surface area (Å²) in [7, 11) is 2.03. The van der Waals surface area contributed by atoms with Crippen molar-refractivity contribution < 1.29 is 9.59 Å². The summed E-state index contributed by atoms with van der Waals surface area (Å²) < 4.78 is 0. The molecule has 2 amide bonds. The lowest BCUT2D eigenvalue weighted by molar-refractivity contribution is -0.125. The van der Waals surface area contributed by atoms with Crippen LogP contribution in [0.1, 0.15) is 29.6 Å². The molecule has 1 aromatic heterocycles. The van der Waals surface area contributed by atoms with Crippen molar-refractivity contribution in [1.29, 1.82) is 0 Å². The van der Waals surface area contributed by atoms with Gasteiger partial charge in [0.05, 0.1) is 11.6 Å². The zero-order valence-corrected chi connectivity index (χ0v) is 17.2. The number of nitrogens with one attached hydrogen (secondary N) is 3. The minimum atomic E-state index is -0.172. The minimum absolute atomic E-state index is 0. The Bertz CT molecular complexity index is 611. The fraction of sp³-hybridized carbons (Fsp3) is 0.611. The lowest BCUT2D eigenvalue weighted by Crippen LogP contribution is -2.44. The predicted octanol–water partition coefficient (Wildman–Crippen LogP) is 0.845. The molecule has 3 heterocycles. The van der Waals surface area contributed by atoms with E-state index in [2.05, 4.69) is 25.8 Å². The Balaban J connectivity index is 0.00000182. The molecule has 27 heavy (non-hydrogen) atoms. The van der Waals surface area contributed by atoms with Gasteiger partial charge in [0, 0.05) is 32.0 Å². The minimum Gasteiger partial charge on any atom is -0.353 e. The Kier molecular flexibility index (Phi) is 9.45. The van der Waals surface area contributed by atoms with E-state index in [1.807, 2.05) is 7.05 Å². The van der Waals surface area contributed by atoms with E-state index in [9.17, 15) is 9.59 Å². The number of rotatable bonds is 5. The Labute approximate surface area is 172 Å². The second kappa shape index (κ2) is 10.8. The van der Waals surface area contributed by atoms with Crippen molar-refractivity contribution in [2.24, 2.45) is 5.41 Å². The van der Waals surface area contributed by atoms with E-state index < -0.39 is 0 Å². The van der Waals surface area contributed by atoms with E-state index >= 15 is 0 Å². The molecule has 2 aliphatic rings. The summed E-state index contributed by atoms with van der Waals surface area (Å²) in [5.74, 6) is -0.109. The molecule has 3 N–H and O–H groups in total. The maximum Gasteiger partial charge on any atom is 0.252 e. The molecular weight excluding hydrogens is 389 g/mol. The smallest absolute Gasteiger partial charge is 0.252 e. The summed E-state index contributed by atoms with van der Waals surface area (Å²) in [5, 5.41) is 9.15. The summed E-state index contributed by atoms with van der Waals surface area (Å²) in [6.07, 6.45) is 6.37. The molecule has 1 atom stereocenters. The number of likely N-dealkylation sites (tertiary alicyclic amines) is 1. The Morgan fingerprint density at radius 1 is 1.26 bits per heavy atom. The average molecular weight is 418 g/mol. The van der Waals surface area contributed by atoms with Crippen LogP contribution in [0.5, 0.6) is 0 Å². The van der Waals surface area contributed by atoms with E-state index in [0.717, 1.165) is 38.9 Å². The molecule has 0 aliphatic carbocycles. The van der Waals surface area contributed by atoms with Gasteiger partial charge in [-0.2, -0.15) is 0 Å². The van der Waals surface area contributed by atoms with Crippen molar-refractivity contribution in [3.63, 3.8) is 0 Å². The van der Waals surface area contributed by atoms with Gasteiger partial charge in [0.15, 0.2) is 0 Å². The third kappa shape index (κ3) is 6.04. The van der Waals surface area contributed by atoms with Gasteiger partial charge in [-0.25, -0.2) is 0 Å². The number of hydrogen-bond acceptors (Lipinski definition) is 5. The van der Waals surface area contributed by atoms with Crippen LogP contribution in [0.4, 0.5) is 0 Å². The summed E-state index contributed by atoms with van der Waals surface area (Å²) in [6, 6.07) is 3.38. The number of amides is 2. The third-order valence-corrected chi connectivity index (χ3v) is 5.34. The fourth-order valence-corrected chi connectivity index (χ4v) is 3.96. The molecule has 1 spiro atoms. The second-order valence-electron chi connectivity index (χ2n) is 7.17. The van der Waals surface area contributed by atoms with Gasteiger partial charge >= 0.3 is 0 Å². The molecule has 7 nitrogen and oxygen atoms in total. The molecule has 9 heteroatoms. The molecule has 152 valence electrons. The quantitative estimate of drug-likeness (QED) is 0.618. The zero-order chi connectivity index (χ0) is 17.7. The van der Waals surface area contributed by atoms with Crippen LogP contribution < -0.4 is 16.0 Å². The maximum absolute atomic E-state index is 12.5. The van der Waals surface area contributed by atoms with Gasteiger partial charge in [0.2, 0.25) is 5.91 Å². The van der Waals surface area contributed by atoms with Crippen LogP contribution in [0.2, 0.25) is 0 Å². The first-order valence-electron chi connectivity index (χ1n) is 8.97. The van der Waals surface area contributed by atoms with E-state index in [1.165, 1.54) is 6.20 Å². The molecule has 0 bridgehead atoms. The van der Waals surface area contributed by atoms with Crippen LogP contribution in [0.25, 0.3) is 0 Å². The number of pyridine rings is 1.